The van der Waals surface area contributed by atoms with Crippen molar-refractivity contribution in [3.63, 3.8) is 0 Å². The number of hydrogen-bond acceptors (Lipinski definition) is 11. The van der Waals surface area contributed by atoms with Crippen LogP contribution in [0, 0.1) is 18.3 Å². The van der Waals surface area contributed by atoms with Crippen molar-refractivity contribution < 1.29 is 53.5 Å². The summed E-state index contributed by atoms with van der Waals surface area (Å²) in [6.07, 6.45) is -0.447. The molecular formula is C37H60BN7O11S. The number of amides is 7. The van der Waals surface area contributed by atoms with Gasteiger partial charge in [-0.3, -0.25) is 38.4 Å². The lowest BCUT2D eigenvalue weighted by molar-refractivity contribution is -0.141. The Bertz CT molecular complexity index is 1560. The molecule has 57 heavy (non-hydrogen) atoms. The van der Waals surface area contributed by atoms with E-state index in [-0.39, 0.29) is 42.7 Å². The minimum absolute atomic E-state index is 0.0459. The first-order valence-electron chi connectivity index (χ1n) is 18.7. The zero-order chi connectivity index (χ0) is 43.6. The van der Waals surface area contributed by atoms with Crippen LogP contribution in [0.3, 0.4) is 0 Å². The number of benzene rings is 1. The lowest BCUT2D eigenvalue weighted by Crippen LogP contribution is -2.62. The first-order valence-corrected chi connectivity index (χ1v) is 19.9. The van der Waals surface area contributed by atoms with Crippen LogP contribution in [0.5, 0.6) is 0 Å². The molecule has 318 valence electrons. The normalized spacial score (nSPS) is 14.4. The van der Waals surface area contributed by atoms with Crippen molar-refractivity contribution in [3.8, 4) is 0 Å². The number of carboxylic acids is 1. The Morgan fingerprint density at radius 2 is 1.28 bits per heavy atom. The van der Waals surface area contributed by atoms with Crippen LogP contribution >= 0.6 is 11.8 Å². The zero-order valence-corrected chi connectivity index (χ0v) is 35.0. The number of thioether (sulfide) groups is 1. The van der Waals surface area contributed by atoms with E-state index in [9.17, 15) is 53.5 Å². The molecule has 0 aliphatic carbocycles. The molecular weight excluding hydrogens is 761 g/mol. The van der Waals surface area contributed by atoms with Gasteiger partial charge < -0.3 is 52.4 Å². The largest absolute Gasteiger partial charge is 0.481 e. The molecule has 0 saturated carbocycles. The van der Waals surface area contributed by atoms with Crippen molar-refractivity contribution in [1.82, 2.24) is 37.2 Å². The molecule has 20 heteroatoms. The Morgan fingerprint density at radius 3 is 1.79 bits per heavy atom. The van der Waals surface area contributed by atoms with Gasteiger partial charge in [-0.2, -0.15) is 0 Å². The number of carboxylic acid groups (broad SMARTS) is 1. The monoisotopic (exact) mass is 821 g/mol. The maximum atomic E-state index is 14.3. The standard InChI is InChI=1S/C37H60BN7O11S/c1-10-29(38(55)56)44-33(51)25(15-20(2)3)42-36(54)31(37(7,8)9)45-34(52)26(16-24-14-12-11-13-21(24)4)41-35(53)28(18-57-19-39-22(5)46)43-32(50)27(17-30(48)49)40-23(6)47/h11-14,20,25-29,31,55-56H,10,15-19H2,1-9H3,(H,39,46)(H,40,47)(H,41,53)(H,42,54)(H,43,50)(H,44,51)(H,45,52)(H,48,49)/t25-,26-,27-,28-,29-,31+/m0/s1. The molecule has 6 atom stereocenters. The molecule has 0 fully saturated rings. The molecule has 0 saturated heterocycles. The van der Waals surface area contributed by atoms with Gasteiger partial charge in [0.2, 0.25) is 41.4 Å². The van der Waals surface area contributed by atoms with Gasteiger partial charge in [0, 0.05) is 26.0 Å². The van der Waals surface area contributed by atoms with Crippen LogP contribution in [-0.4, -0.2) is 117 Å². The molecule has 0 unspecified atom stereocenters. The maximum absolute atomic E-state index is 14.3. The molecule has 0 heterocycles. The zero-order valence-electron chi connectivity index (χ0n) is 34.2. The van der Waals surface area contributed by atoms with E-state index < -0.39 is 96.5 Å². The summed E-state index contributed by atoms with van der Waals surface area (Å²) in [6, 6.07) is 0.477. The van der Waals surface area contributed by atoms with Crippen molar-refractivity contribution in [2.24, 2.45) is 11.3 Å². The molecule has 10 N–H and O–H groups in total. The van der Waals surface area contributed by atoms with E-state index in [4.69, 9.17) is 0 Å². The summed E-state index contributed by atoms with van der Waals surface area (Å²) in [6.45, 7) is 14.6. The fraction of sp³-hybridized carbons (Fsp3) is 0.622. The number of rotatable bonds is 23. The summed E-state index contributed by atoms with van der Waals surface area (Å²) in [5, 5.41) is 46.6. The van der Waals surface area contributed by atoms with Crippen LogP contribution < -0.4 is 37.2 Å². The van der Waals surface area contributed by atoms with Crippen molar-refractivity contribution in [2.75, 3.05) is 11.6 Å². The number of aryl methyl sites for hydroxylation is 1. The Balaban J connectivity index is 3.55. The van der Waals surface area contributed by atoms with E-state index in [1.54, 1.807) is 45.9 Å². The number of hydrogen-bond donors (Lipinski definition) is 10. The molecule has 1 rings (SSSR count). The predicted molar refractivity (Wildman–Crippen MR) is 215 cm³/mol. The van der Waals surface area contributed by atoms with E-state index in [0.717, 1.165) is 24.2 Å². The van der Waals surface area contributed by atoms with Crippen LogP contribution in [0.1, 0.15) is 85.8 Å². The van der Waals surface area contributed by atoms with E-state index >= 15 is 0 Å². The average molecular weight is 822 g/mol. The second-order valence-corrected chi connectivity index (χ2v) is 16.3. The fourth-order valence-electron chi connectivity index (χ4n) is 5.50. The third-order valence-electron chi connectivity index (χ3n) is 8.61. The topological polar surface area (TPSA) is 281 Å². The molecule has 1 aromatic carbocycles. The van der Waals surface area contributed by atoms with Gasteiger partial charge in [-0.05, 0) is 42.2 Å². The molecule has 18 nitrogen and oxygen atoms in total. The van der Waals surface area contributed by atoms with Gasteiger partial charge >= 0.3 is 13.1 Å². The van der Waals surface area contributed by atoms with Crippen molar-refractivity contribution in [2.45, 2.75) is 124 Å². The molecule has 0 aliphatic rings. The summed E-state index contributed by atoms with van der Waals surface area (Å²) in [4.78, 5) is 103. The molecule has 1 aromatic rings. The Labute approximate surface area is 338 Å². The lowest BCUT2D eigenvalue weighted by Gasteiger charge is -2.34. The third kappa shape index (κ3) is 18.9. The second kappa shape index (κ2) is 24.2. The summed E-state index contributed by atoms with van der Waals surface area (Å²) in [7, 11) is -1.83. The Kier molecular flexibility index (Phi) is 21.3. The van der Waals surface area contributed by atoms with Crippen LogP contribution in [0.2, 0.25) is 0 Å². The molecule has 0 bridgehead atoms. The molecule has 7 amide bonds. The van der Waals surface area contributed by atoms with Gasteiger partial charge in [0.1, 0.15) is 30.2 Å². The van der Waals surface area contributed by atoms with Crippen LogP contribution in [0.25, 0.3) is 0 Å². The quantitative estimate of drug-likeness (QED) is 0.0372. The van der Waals surface area contributed by atoms with E-state index in [1.807, 2.05) is 26.8 Å². The first kappa shape index (κ1) is 50.3. The molecule has 0 aromatic heterocycles. The fourth-order valence-corrected chi connectivity index (χ4v) is 6.40. The number of nitrogens with one attached hydrogen (secondary N) is 7. The molecule has 0 spiro atoms. The van der Waals surface area contributed by atoms with E-state index in [1.165, 1.54) is 6.92 Å². The van der Waals surface area contributed by atoms with Crippen LogP contribution in [0.15, 0.2) is 24.3 Å². The van der Waals surface area contributed by atoms with Gasteiger partial charge in [0.15, 0.2) is 0 Å². The van der Waals surface area contributed by atoms with Gasteiger partial charge in [-0.25, -0.2) is 0 Å². The summed E-state index contributed by atoms with van der Waals surface area (Å²) in [5.74, 6) is -7.54. The highest BCUT2D eigenvalue weighted by Crippen LogP contribution is 2.21. The highest BCUT2D eigenvalue weighted by molar-refractivity contribution is 7.99. The lowest BCUT2D eigenvalue weighted by atomic mass is 9.77. The highest BCUT2D eigenvalue weighted by atomic mass is 32.2. The summed E-state index contributed by atoms with van der Waals surface area (Å²) in [5.41, 5.74) is 0.522. The van der Waals surface area contributed by atoms with Crippen LogP contribution in [-0.2, 0) is 44.8 Å². The third-order valence-corrected chi connectivity index (χ3v) is 9.53. The molecule has 0 radical (unpaired) electrons. The van der Waals surface area contributed by atoms with Crippen molar-refractivity contribution >= 4 is 66.2 Å². The number of aliphatic carboxylic acids is 1. The van der Waals surface area contributed by atoms with Gasteiger partial charge in [0.25, 0.3) is 0 Å². The minimum Gasteiger partial charge on any atom is -0.481 e. The Morgan fingerprint density at radius 1 is 0.737 bits per heavy atom. The SMILES string of the molecule is CC[C@H](NC(=O)[C@H](CC(C)C)NC(=O)[C@@H](NC(=O)[C@H](Cc1ccccc1C)NC(=O)[C@H](CSCNC(C)=O)NC(=O)[C@H](CC(=O)O)NC(C)=O)C(C)(C)C)B(O)O. The first-order chi connectivity index (χ1) is 26.5. The van der Waals surface area contributed by atoms with Gasteiger partial charge in [0.05, 0.1) is 18.2 Å². The predicted octanol–water partition coefficient (Wildman–Crippen LogP) is -0.718. The van der Waals surface area contributed by atoms with Gasteiger partial charge in [-0.1, -0.05) is 65.8 Å². The Hall–Kier alpha value is -4.69. The maximum Gasteiger partial charge on any atom is 0.475 e. The van der Waals surface area contributed by atoms with E-state index in [2.05, 4.69) is 37.2 Å². The highest BCUT2D eigenvalue weighted by Gasteiger charge is 2.38. The second-order valence-electron chi connectivity index (χ2n) is 15.3. The number of carbonyl (C=O) groups excluding carboxylic acids is 7. The van der Waals surface area contributed by atoms with Crippen molar-refractivity contribution in [1.29, 1.82) is 0 Å². The summed E-state index contributed by atoms with van der Waals surface area (Å²) >= 11 is 1.05. The van der Waals surface area contributed by atoms with Crippen LogP contribution in [0.4, 0.5) is 0 Å². The smallest absolute Gasteiger partial charge is 0.475 e. The summed E-state index contributed by atoms with van der Waals surface area (Å²) < 4.78 is 0. The van der Waals surface area contributed by atoms with Crippen molar-refractivity contribution in [3.05, 3.63) is 35.4 Å². The average Bonchev–Trinajstić information content (AvgIpc) is 3.08. The van der Waals surface area contributed by atoms with Gasteiger partial charge in [-0.15, -0.1) is 11.8 Å². The molecule has 0 aliphatic heterocycles. The number of carbonyl (C=O) groups is 8. The van der Waals surface area contributed by atoms with E-state index in [0.29, 0.717) is 5.56 Å². The minimum atomic E-state index is -1.83.